The van der Waals surface area contributed by atoms with Gasteiger partial charge in [-0.25, -0.2) is 4.98 Å². The molecule has 0 aliphatic carbocycles. The maximum absolute atomic E-state index is 4.09. The molecule has 1 aromatic carbocycles. The van der Waals surface area contributed by atoms with Crippen LogP contribution in [0, 0.1) is 0 Å². The van der Waals surface area contributed by atoms with Crippen molar-refractivity contribution in [3.05, 3.63) is 54.6 Å². The summed E-state index contributed by atoms with van der Waals surface area (Å²) in [6, 6.07) is 10.8. The van der Waals surface area contributed by atoms with Crippen molar-refractivity contribution < 1.29 is 0 Å². The highest BCUT2D eigenvalue weighted by atomic mass is 15.2. The van der Waals surface area contributed by atoms with E-state index < -0.39 is 0 Å². The second-order valence-electron chi connectivity index (χ2n) is 6.06. The lowest BCUT2D eigenvalue weighted by atomic mass is 9.89. The fraction of sp³-hybridized carbons (Fsp3) is 0.471. The Bertz CT molecular complexity index is 537. The van der Waals surface area contributed by atoms with Gasteiger partial charge in [-0.05, 0) is 25.5 Å². The van der Waals surface area contributed by atoms with E-state index in [1.54, 1.807) is 0 Å². The van der Waals surface area contributed by atoms with Gasteiger partial charge in [-0.1, -0.05) is 30.3 Å². The molecule has 1 aromatic heterocycles. The first kappa shape index (κ1) is 14.3. The minimum absolute atomic E-state index is 0.0640. The van der Waals surface area contributed by atoms with Crippen LogP contribution in [0.2, 0.25) is 0 Å². The molecule has 4 nitrogen and oxygen atoms in total. The number of rotatable bonds is 5. The first-order valence-corrected chi connectivity index (χ1v) is 7.75. The topological polar surface area (TPSA) is 33.1 Å². The van der Waals surface area contributed by atoms with Crippen molar-refractivity contribution >= 4 is 0 Å². The molecule has 112 valence electrons. The standard InChI is InChI=1S/C17H24N4/c1-17(16-6-3-2-4-7-16)14-20(13-9-19-17)10-5-11-21-12-8-18-15-21/h2-4,6-8,12,15,19H,5,9-11,13-14H2,1H3. The van der Waals surface area contributed by atoms with E-state index >= 15 is 0 Å². The highest BCUT2D eigenvalue weighted by Gasteiger charge is 2.31. The molecule has 1 N–H and O–H groups in total. The van der Waals surface area contributed by atoms with Gasteiger partial charge in [0.1, 0.15) is 0 Å². The summed E-state index contributed by atoms with van der Waals surface area (Å²) in [4.78, 5) is 6.66. The van der Waals surface area contributed by atoms with Gasteiger partial charge in [-0.15, -0.1) is 0 Å². The molecular formula is C17H24N4. The number of nitrogens with zero attached hydrogens (tertiary/aromatic N) is 3. The molecule has 1 saturated heterocycles. The molecule has 0 radical (unpaired) electrons. The van der Waals surface area contributed by atoms with Crippen LogP contribution in [-0.2, 0) is 12.1 Å². The van der Waals surface area contributed by atoms with E-state index in [1.165, 1.54) is 12.0 Å². The summed E-state index contributed by atoms with van der Waals surface area (Å²) in [6.45, 7) is 7.75. The van der Waals surface area contributed by atoms with E-state index in [0.29, 0.717) is 0 Å². The zero-order valence-corrected chi connectivity index (χ0v) is 12.7. The van der Waals surface area contributed by atoms with Crippen LogP contribution in [0.1, 0.15) is 18.9 Å². The number of aromatic nitrogens is 2. The minimum atomic E-state index is 0.0640. The fourth-order valence-electron chi connectivity index (χ4n) is 3.16. The van der Waals surface area contributed by atoms with Crippen LogP contribution in [0.25, 0.3) is 0 Å². The molecule has 1 fully saturated rings. The number of hydrogen-bond acceptors (Lipinski definition) is 3. The maximum atomic E-state index is 4.09. The zero-order chi connectivity index (χ0) is 14.5. The Hall–Kier alpha value is -1.65. The molecule has 1 aliphatic heterocycles. The van der Waals surface area contributed by atoms with Crippen molar-refractivity contribution in [3.63, 3.8) is 0 Å². The van der Waals surface area contributed by atoms with Crippen molar-refractivity contribution in [2.24, 2.45) is 0 Å². The van der Waals surface area contributed by atoms with E-state index in [-0.39, 0.29) is 5.54 Å². The van der Waals surface area contributed by atoms with Crippen LogP contribution in [0.15, 0.2) is 49.1 Å². The third-order valence-electron chi connectivity index (χ3n) is 4.34. The Balaban J connectivity index is 1.55. The largest absolute Gasteiger partial charge is 0.337 e. The Morgan fingerprint density at radius 3 is 2.86 bits per heavy atom. The van der Waals surface area contributed by atoms with Gasteiger partial charge in [0, 0.05) is 38.6 Å². The predicted octanol–water partition coefficient (Wildman–Crippen LogP) is 2.09. The van der Waals surface area contributed by atoms with Crippen LogP contribution in [0.5, 0.6) is 0 Å². The van der Waals surface area contributed by atoms with Crippen LogP contribution in [-0.4, -0.2) is 40.6 Å². The predicted molar refractivity (Wildman–Crippen MR) is 85.1 cm³/mol. The first-order valence-electron chi connectivity index (χ1n) is 7.75. The molecule has 0 saturated carbocycles. The summed E-state index contributed by atoms with van der Waals surface area (Å²) < 4.78 is 2.15. The van der Waals surface area contributed by atoms with Gasteiger partial charge in [0.25, 0.3) is 0 Å². The van der Waals surface area contributed by atoms with E-state index in [9.17, 15) is 0 Å². The van der Waals surface area contributed by atoms with Crippen LogP contribution >= 0.6 is 0 Å². The number of aryl methyl sites for hydroxylation is 1. The van der Waals surface area contributed by atoms with E-state index in [0.717, 1.165) is 32.7 Å². The SMILES string of the molecule is CC1(c2ccccc2)CN(CCCn2ccnc2)CCN1. The van der Waals surface area contributed by atoms with Crippen molar-refractivity contribution in [1.82, 2.24) is 19.8 Å². The fourth-order valence-corrected chi connectivity index (χ4v) is 3.16. The van der Waals surface area contributed by atoms with Crippen LogP contribution < -0.4 is 5.32 Å². The normalized spacial score (nSPS) is 23.3. The van der Waals surface area contributed by atoms with Gasteiger partial charge in [0.05, 0.1) is 11.9 Å². The molecule has 3 rings (SSSR count). The van der Waals surface area contributed by atoms with Gasteiger partial charge in [0.15, 0.2) is 0 Å². The lowest BCUT2D eigenvalue weighted by Gasteiger charge is -2.42. The second-order valence-corrected chi connectivity index (χ2v) is 6.06. The Labute approximate surface area is 126 Å². The number of benzene rings is 1. The van der Waals surface area contributed by atoms with Gasteiger partial charge in [-0.3, -0.25) is 4.90 Å². The van der Waals surface area contributed by atoms with Crippen molar-refractivity contribution in [1.29, 1.82) is 0 Å². The Morgan fingerprint density at radius 1 is 1.24 bits per heavy atom. The summed E-state index contributed by atoms with van der Waals surface area (Å²) in [6.07, 6.45) is 6.94. The summed E-state index contributed by atoms with van der Waals surface area (Å²) in [5.74, 6) is 0. The molecule has 21 heavy (non-hydrogen) atoms. The zero-order valence-electron chi connectivity index (χ0n) is 12.7. The lowest BCUT2D eigenvalue weighted by molar-refractivity contribution is 0.140. The highest BCUT2D eigenvalue weighted by molar-refractivity contribution is 5.24. The molecule has 1 atom stereocenters. The van der Waals surface area contributed by atoms with Crippen molar-refractivity contribution in [2.45, 2.75) is 25.4 Å². The van der Waals surface area contributed by atoms with Gasteiger partial charge >= 0.3 is 0 Å². The van der Waals surface area contributed by atoms with Crippen molar-refractivity contribution in [2.75, 3.05) is 26.2 Å². The second kappa shape index (κ2) is 6.41. The summed E-state index contributed by atoms with van der Waals surface area (Å²) in [5, 5.41) is 3.69. The van der Waals surface area contributed by atoms with E-state index in [1.807, 2.05) is 18.7 Å². The lowest BCUT2D eigenvalue weighted by Crippen LogP contribution is -2.56. The third kappa shape index (κ3) is 3.52. The highest BCUT2D eigenvalue weighted by Crippen LogP contribution is 2.24. The number of nitrogens with one attached hydrogen (secondary N) is 1. The average molecular weight is 284 g/mol. The summed E-state index contributed by atoms with van der Waals surface area (Å²) in [5.41, 5.74) is 1.44. The molecule has 1 aliphatic rings. The van der Waals surface area contributed by atoms with E-state index in [2.05, 4.69) is 57.0 Å². The van der Waals surface area contributed by atoms with Crippen molar-refractivity contribution in [3.8, 4) is 0 Å². The first-order chi connectivity index (χ1) is 10.3. The quantitative estimate of drug-likeness (QED) is 0.913. The Morgan fingerprint density at radius 2 is 2.10 bits per heavy atom. The smallest absolute Gasteiger partial charge is 0.0945 e. The molecule has 0 bridgehead atoms. The maximum Gasteiger partial charge on any atom is 0.0945 e. The Kier molecular flexibility index (Phi) is 4.36. The van der Waals surface area contributed by atoms with Gasteiger partial charge in [0.2, 0.25) is 0 Å². The van der Waals surface area contributed by atoms with Crippen LogP contribution in [0.3, 0.4) is 0 Å². The molecular weight excluding hydrogens is 260 g/mol. The number of imidazole rings is 1. The molecule has 2 aromatic rings. The molecule has 1 unspecified atom stereocenters. The summed E-state index contributed by atoms with van der Waals surface area (Å²) >= 11 is 0. The molecule has 0 spiro atoms. The minimum Gasteiger partial charge on any atom is -0.337 e. The molecule has 0 amide bonds. The summed E-state index contributed by atoms with van der Waals surface area (Å²) in [7, 11) is 0. The monoisotopic (exact) mass is 284 g/mol. The average Bonchev–Trinajstić information content (AvgIpc) is 3.02. The number of piperazine rings is 1. The molecule has 4 heteroatoms. The third-order valence-corrected chi connectivity index (χ3v) is 4.34. The molecule has 2 heterocycles. The van der Waals surface area contributed by atoms with Crippen LogP contribution in [0.4, 0.5) is 0 Å². The number of hydrogen-bond donors (Lipinski definition) is 1. The van der Waals surface area contributed by atoms with Gasteiger partial charge < -0.3 is 9.88 Å². The van der Waals surface area contributed by atoms with Gasteiger partial charge in [-0.2, -0.15) is 0 Å². The van der Waals surface area contributed by atoms with E-state index in [4.69, 9.17) is 0 Å².